The molecule has 2 aromatic rings. The van der Waals surface area contributed by atoms with Crippen molar-refractivity contribution in [3.63, 3.8) is 0 Å². The topological polar surface area (TPSA) is 26.3 Å². The molecule has 0 aliphatic heterocycles. The van der Waals surface area contributed by atoms with Gasteiger partial charge in [-0.25, -0.2) is 0 Å². The molecule has 0 heterocycles. The van der Waals surface area contributed by atoms with Crippen molar-refractivity contribution in [2.24, 2.45) is 0 Å². The first-order valence-corrected chi connectivity index (χ1v) is 11.5. The molecule has 0 aliphatic carbocycles. The van der Waals surface area contributed by atoms with E-state index >= 15 is 0 Å². The standard InChI is InChI=1S/C19H25O2P/c1-22(2,3)15-7-14-21-18-12-10-17(11-13-18)19(20)16-8-5-4-6-9-16/h4-6,8-13,22H,7,14-15H2,1-3H3. The number of hydrogen-bond donors (Lipinski definition) is 0. The van der Waals surface area contributed by atoms with Crippen molar-refractivity contribution in [2.75, 3.05) is 32.8 Å². The molecule has 0 spiro atoms. The Labute approximate surface area is 133 Å². The Balaban J connectivity index is 1.89. The van der Waals surface area contributed by atoms with E-state index in [9.17, 15) is 4.79 Å². The summed E-state index contributed by atoms with van der Waals surface area (Å²) in [6.07, 6.45) is 2.37. The zero-order valence-corrected chi connectivity index (χ0v) is 14.6. The van der Waals surface area contributed by atoms with E-state index in [2.05, 4.69) is 20.0 Å². The Morgan fingerprint density at radius 3 is 2.09 bits per heavy atom. The van der Waals surface area contributed by atoms with Crippen LogP contribution in [-0.2, 0) is 0 Å². The van der Waals surface area contributed by atoms with Crippen LogP contribution in [0.4, 0.5) is 0 Å². The molecule has 0 unspecified atom stereocenters. The normalized spacial score (nSPS) is 12.0. The van der Waals surface area contributed by atoms with Gasteiger partial charge in [0.05, 0.1) is 0 Å². The molecule has 0 amide bonds. The fourth-order valence-electron chi connectivity index (χ4n) is 2.25. The van der Waals surface area contributed by atoms with Crippen molar-refractivity contribution < 1.29 is 9.53 Å². The van der Waals surface area contributed by atoms with Gasteiger partial charge in [0.1, 0.15) is 0 Å². The quantitative estimate of drug-likeness (QED) is 0.432. The van der Waals surface area contributed by atoms with E-state index in [1.807, 2.05) is 54.6 Å². The van der Waals surface area contributed by atoms with Crippen LogP contribution in [0, 0.1) is 0 Å². The van der Waals surface area contributed by atoms with E-state index < -0.39 is 7.26 Å². The maximum absolute atomic E-state index is 12.3. The van der Waals surface area contributed by atoms with Crippen LogP contribution in [0.25, 0.3) is 0 Å². The summed E-state index contributed by atoms with van der Waals surface area (Å²) in [5.41, 5.74) is 1.41. The minimum atomic E-state index is -0.981. The van der Waals surface area contributed by atoms with Crippen LogP contribution >= 0.6 is 7.26 Å². The fourth-order valence-corrected chi connectivity index (χ4v) is 3.46. The van der Waals surface area contributed by atoms with Crippen molar-refractivity contribution in [3.05, 3.63) is 65.7 Å². The number of carbonyl (C=O) groups is 1. The molecular formula is C19H25O2P. The Kier molecular flexibility index (Phi) is 5.74. The van der Waals surface area contributed by atoms with Gasteiger partial charge >= 0.3 is 127 Å². The first kappa shape index (κ1) is 16.7. The van der Waals surface area contributed by atoms with Crippen LogP contribution in [0.1, 0.15) is 22.3 Å². The minimum absolute atomic E-state index is 0.0471. The molecule has 0 aliphatic rings. The molecular weight excluding hydrogens is 291 g/mol. The summed E-state index contributed by atoms with van der Waals surface area (Å²) in [5, 5.41) is 0. The van der Waals surface area contributed by atoms with Crippen LogP contribution in [0.5, 0.6) is 5.75 Å². The average molecular weight is 316 g/mol. The number of carbonyl (C=O) groups excluding carboxylic acids is 1. The molecule has 0 atom stereocenters. The van der Waals surface area contributed by atoms with Crippen LogP contribution in [0.15, 0.2) is 54.6 Å². The second-order valence-corrected chi connectivity index (χ2v) is 12.4. The van der Waals surface area contributed by atoms with E-state index in [-0.39, 0.29) is 5.78 Å². The predicted octanol–water partition coefficient (Wildman–Crippen LogP) is 4.33. The number of rotatable bonds is 7. The van der Waals surface area contributed by atoms with Crippen molar-refractivity contribution in [1.82, 2.24) is 0 Å². The van der Waals surface area contributed by atoms with Crippen LogP contribution in [0.3, 0.4) is 0 Å². The van der Waals surface area contributed by atoms with Gasteiger partial charge in [0.25, 0.3) is 0 Å². The molecule has 0 fully saturated rings. The van der Waals surface area contributed by atoms with Gasteiger partial charge in [0.15, 0.2) is 0 Å². The first-order chi connectivity index (χ1) is 10.5. The summed E-state index contributed by atoms with van der Waals surface area (Å²) in [6, 6.07) is 16.8. The first-order valence-electron chi connectivity index (χ1n) is 7.78. The maximum atomic E-state index is 12.3. The number of benzene rings is 2. The van der Waals surface area contributed by atoms with Crippen LogP contribution in [-0.4, -0.2) is 38.5 Å². The van der Waals surface area contributed by atoms with Gasteiger partial charge in [-0.05, 0) is 0 Å². The molecule has 0 saturated heterocycles. The third kappa shape index (κ3) is 5.27. The van der Waals surface area contributed by atoms with Gasteiger partial charge in [-0.1, -0.05) is 6.07 Å². The number of ether oxygens (including phenoxy) is 1. The van der Waals surface area contributed by atoms with E-state index in [0.29, 0.717) is 11.1 Å². The molecule has 2 rings (SSSR count). The second kappa shape index (κ2) is 7.56. The summed E-state index contributed by atoms with van der Waals surface area (Å²) in [6.45, 7) is 7.86. The molecule has 118 valence electrons. The van der Waals surface area contributed by atoms with Gasteiger partial charge in [0, 0.05) is 0 Å². The van der Waals surface area contributed by atoms with Crippen molar-refractivity contribution in [2.45, 2.75) is 6.42 Å². The van der Waals surface area contributed by atoms with Crippen molar-refractivity contribution in [1.29, 1.82) is 0 Å². The second-order valence-electron chi connectivity index (χ2n) is 6.73. The average Bonchev–Trinajstić information content (AvgIpc) is 2.51. The molecule has 0 aromatic heterocycles. The molecule has 0 radical (unpaired) electrons. The Bertz CT molecular complexity index is 598. The Morgan fingerprint density at radius 1 is 0.909 bits per heavy atom. The third-order valence-electron chi connectivity index (χ3n) is 3.49. The SMILES string of the molecule is C[PH](C)(C)CCCOc1ccc(C(=O)c2ccccc2)cc1. The summed E-state index contributed by atoms with van der Waals surface area (Å²) >= 11 is 0. The van der Waals surface area contributed by atoms with Crippen molar-refractivity contribution >= 4 is 13.0 Å². The summed E-state index contributed by atoms with van der Waals surface area (Å²) in [5.74, 6) is 0.881. The zero-order valence-electron chi connectivity index (χ0n) is 13.6. The van der Waals surface area contributed by atoms with Crippen molar-refractivity contribution in [3.8, 4) is 5.75 Å². The summed E-state index contributed by atoms with van der Waals surface area (Å²) < 4.78 is 5.75. The van der Waals surface area contributed by atoms with Gasteiger partial charge < -0.3 is 0 Å². The molecule has 0 saturated carbocycles. The van der Waals surface area contributed by atoms with E-state index in [4.69, 9.17) is 4.74 Å². The fraction of sp³-hybridized carbons (Fsp3) is 0.316. The number of ketones is 1. The molecule has 0 N–H and O–H groups in total. The molecule has 0 bridgehead atoms. The molecule has 2 nitrogen and oxygen atoms in total. The van der Waals surface area contributed by atoms with Gasteiger partial charge in [0.2, 0.25) is 0 Å². The molecule has 2 aromatic carbocycles. The van der Waals surface area contributed by atoms with Gasteiger partial charge in [-0.2, -0.15) is 0 Å². The van der Waals surface area contributed by atoms with Gasteiger partial charge in [-0.3, -0.25) is 0 Å². The van der Waals surface area contributed by atoms with Gasteiger partial charge in [-0.15, -0.1) is 0 Å². The zero-order chi connectivity index (χ0) is 16.0. The summed E-state index contributed by atoms with van der Waals surface area (Å²) in [4.78, 5) is 12.3. The van der Waals surface area contributed by atoms with Crippen LogP contribution < -0.4 is 4.74 Å². The third-order valence-corrected chi connectivity index (χ3v) is 5.35. The monoisotopic (exact) mass is 316 g/mol. The Hall–Kier alpha value is -1.66. The predicted molar refractivity (Wildman–Crippen MR) is 97.4 cm³/mol. The summed E-state index contributed by atoms with van der Waals surface area (Å²) in [7, 11) is -0.981. The Morgan fingerprint density at radius 2 is 1.50 bits per heavy atom. The number of hydrogen-bond acceptors (Lipinski definition) is 2. The molecule has 3 heteroatoms. The van der Waals surface area contributed by atoms with E-state index in [1.165, 1.54) is 6.16 Å². The van der Waals surface area contributed by atoms with Crippen LogP contribution in [0.2, 0.25) is 0 Å². The van der Waals surface area contributed by atoms with E-state index in [1.54, 1.807) is 0 Å². The van der Waals surface area contributed by atoms with E-state index in [0.717, 1.165) is 18.8 Å². The molecule has 22 heavy (non-hydrogen) atoms.